The molecule has 0 aromatic carbocycles. The highest BCUT2D eigenvalue weighted by atomic mass is 16.5. The second-order valence-electron chi connectivity index (χ2n) is 4.72. The zero-order valence-electron chi connectivity index (χ0n) is 10.8. The van der Waals surface area contributed by atoms with Gasteiger partial charge in [0.2, 0.25) is 0 Å². The summed E-state index contributed by atoms with van der Waals surface area (Å²) in [7, 11) is 0. The van der Waals surface area contributed by atoms with Crippen molar-refractivity contribution in [3.8, 4) is 0 Å². The van der Waals surface area contributed by atoms with Crippen LogP contribution in [0.2, 0.25) is 0 Å². The smallest absolute Gasteiger partial charge is 0.268 e. The molecule has 1 aliphatic rings. The van der Waals surface area contributed by atoms with Gasteiger partial charge in [-0.25, -0.2) is 5.84 Å². The Morgan fingerprint density at radius 1 is 1.63 bits per heavy atom. The van der Waals surface area contributed by atoms with E-state index in [4.69, 9.17) is 20.1 Å². The summed E-state index contributed by atoms with van der Waals surface area (Å²) in [6, 6.07) is 1.66. The monoisotopic (exact) mass is 269 g/mol. The topological polar surface area (TPSA) is 101 Å². The summed E-state index contributed by atoms with van der Waals surface area (Å²) in [6.07, 6.45) is 1.27. The number of carbonyl (C=O) groups excluding carboxylic acids is 1. The molecule has 2 unspecified atom stereocenters. The van der Waals surface area contributed by atoms with E-state index in [0.29, 0.717) is 24.4 Å². The molecule has 1 aliphatic heterocycles. The van der Waals surface area contributed by atoms with E-state index in [0.717, 1.165) is 6.54 Å². The Morgan fingerprint density at radius 3 is 3.11 bits per heavy atom. The van der Waals surface area contributed by atoms with Crippen LogP contribution in [-0.2, 0) is 11.3 Å². The lowest BCUT2D eigenvalue weighted by molar-refractivity contribution is -0.0983. The van der Waals surface area contributed by atoms with E-state index in [9.17, 15) is 4.79 Å². The molecule has 4 N–H and O–H groups in total. The number of nitrogens with two attached hydrogens (primary N) is 1. The van der Waals surface area contributed by atoms with Crippen LogP contribution in [0.5, 0.6) is 0 Å². The van der Waals surface area contributed by atoms with Gasteiger partial charge in [-0.3, -0.25) is 15.1 Å². The Kier molecular flexibility index (Phi) is 4.54. The number of furan rings is 1. The minimum absolute atomic E-state index is 0.000174. The molecular formula is C12H19N3O4. The molecule has 19 heavy (non-hydrogen) atoms. The number of ether oxygens (including phenoxy) is 1. The number of nitrogen functional groups attached to an aromatic ring is 1. The van der Waals surface area contributed by atoms with Crippen molar-refractivity contribution in [1.29, 1.82) is 0 Å². The third-order valence-electron chi connectivity index (χ3n) is 3.03. The van der Waals surface area contributed by atoms with Gasteiger partial charge in [-0.1, -0.05) is 0 Å². The van der Waals surface area contributed by atoms with Crippen LogP contribution in [0.3, 0.4) is 0 Å². The van der Waals surface area contributed by atoms with E-state index in [2.05, 4.69) is 10.3 Å². The zero-order chi connectivity index (χ0) is 13.8. The number of nitrogens with zero attached hydrogens (tertiary/aromatic N) is 1. The number of aliphatic hydroxyl groups is 1. The summed E-state index contributed by atoms with van der Waals surface area (Å²) in [6.45, 7) is 3.93. The molecule has 2 rings (SSSR count). The summed E-state index contributed by atoms with van der Waals surface area (Å²) < 4.78 is 10.9. The first kappa shape index (κ1) is 14.0. The minimum atomic E-state index is -0.376. The fraction of sp³-hybridized carbons (Fsp3) is 0.583. The number of hydrazine groups is 1. The highest BCUT2D eigenvalue weighted by Crippen LogP contribution is 2.16. The van der Waals surface area contributed by atoms with Crippen molar-refractivity contribution in [3.63, 3.8) is 0 Å². The van der Waals surface area contributed by atoms with Gasteiger partial charge < -0.3 is 14.3 Å². The summed E-state index contributed by atoms with van der Waals surface area (Å²) in [5, 5.41) is 9.16. The molecule has 1 fully saturated rings. The van der Waals surface area contributed by atoms with Crippen molar-refractivity contribution in [2.45, 2.75) is 25.7 Å². The molecule has 1 amide bonds. The van der Waals surface area contributed by atoms with Crippen LogP contribution in [0, 0.1) is 0 Å². The number of hydrogen-bond acceptors (Lipinski definition) is 6. The fourth-order valence-electron chi connectivity index (χ4n) is 2.26. The lowest BCUT2D eigenvalue weighted by Gasteiger charge is -2.35. The number of carbonyl (C=O) groups is 1. The standard InChI is InChI=1S/C12H19N3O4/c1-8-3-15(5-11(6-16)19-8)4-10-2-9(7-18-10)12(17)14-13/h2,7-8,11,16H,3-6,13H2,1H3,(H,14,17). The largest absolute Gasteiger partial charge is 0.467 e. The Balaban J connectivity index is 1.96. The normalized spacial score (nSPS) is 24.4. The summed E-state index contributed by atoms with van der Waals surface area (Å²) in [5.41, 5.74) is 2.46. The average Bonchev–Trinajstić information content (AvgIpc) is 2.85. The van der Waals surface area contributed by atoms with Crippen LogP contribution < -0.4 is 11.3 Å². The summed E-state index contributed by atoms with van der Waals surface area (Å²) in [5.74, 6) is 5.36. The first-order chi connectivity index (χ1) is 9.12. The fourth-order valence-corrected chi connectivity index (χ4v) is 2.26. The quantitative estimate of drug-likeness (QED) is 0.386. The Morgan fingerprint density at radius 2 is 2.42 bits per heavy atom. The molecule has 1 aromatic rings. The van der Waals surface area contributed by atoms with Crippen LogP contribution in [0.15, 0.2) is 16.7 Å². The third kappa shape index (κ3) is 3.54. The highest BCUT2D eigenvalue weighted by Gasteiger charge is 2.25. The Hall–Kier alpha value is -1.41. The van der Waals surface area contributed by atoms with Crippen molar-refractivity contribution in [2.24, 2.45) is 5.84 Å². The lowest BCUT2D eigenvalue weighted by Crippen LogP contribution is -2.47. The van der Waals surface area contributed by atoms with Gasteiger partial charge in [0.25, 0.3) is 5.91 Å². The van der Waals surface area contributed by atoms with Gasteiger partial charge >= 0.3 is 0 Å². The molecule has 7 heteroatoms. The number of rotatable bonds is 4. The van der Waals surface area contributed by atoms with Crippen molar-refractivity contribution in [2.75, 3.05) is 19.7 Å². The summed E-state index contributed by atoms with van der Waals surface area (Å²) in [4.78, 5) is 13.4. The Labute approximate surface area is 111 Å². The molecule has 1 saturated heterocycles. The van der Waals surface area contributed by atoms with E-state index < -0.39 is 0 Å². The van der Waals surface area contributed by atoms with Crippen molar-refractivity contribution >= 4 is 5.91 Å². The van der Waals surface area contributed by atoms with Crippen LogP contribution in [0.4, 0.5) is 0 Å². The average molecular weight is 269 g/mol. The van der Waals surface area contributed by atoms with E-state index in [1.807, 2.05) is 6.92 Å². The predicted molar refractivity (Wildman–Crippen MR) is 67.1 cm³/mol. The maximum absolute atomic E-state index is 11.3. The number of hydrogen-bond donors (Lipinski definition) is 3. The van der Waals surface area contributed by atoms with E-state index in [1.54, 1.807) is 6.07 Å². The molecule has 0 aliphatic carbocycles. The van der Waals surface area contributed by atoms with Gasteiger partial charge in [-0.2, -0.15) is 0 Å². The van der Waals surface area contributed by atoms with Gasteiger partial charge in [-0.15, -0.1) is 0 Å². The minimum Gasteiger partial charge on any atom is -0.467 e. The van der Waals surface area contributed by atoms with Gasteiger partial charge in [0, 0.05) is 13.1 Å². The molecule has 0 spiro atoms. The molecule has 2 atom stereocenters. The zero-order valence-corrected chi connectivity index (χ0v) is 10.8. The van der Waals surface area contributed by atoms with Crippen LogP contribution in [-0.4, -0.2) is 47.8 Å². The second kappa shape index (κ2) is 6.16. The maximum Gasteiger partial charge on any atom is 0.268 e. The highest BCUT2D eigenvalue weighted by molar-refractivity contribution is 5.93. The maximum atomic E-state index is 11.3. The van der Waals surface area contributed by atoms with Crippen molar-refractivity contribution in [3.05, 3.63) is 23.7 Å². The molecule has 0 radical (unpaired) electrons. The molecule has 0 bridgehead atoms. The van der Waals surface area contributed by atoms with Crippen LogP contribution in [0.1, 0.15) is 23.0 Å². The van der Waals surface area contributed by atoms with E-state index in [1.165, 1.54) is 6.26 Å². The van der Waals surface area contributed by atoms with Crippen molar-refractivity contribution < 1.29 is 19.1 Å². The predicted octanol–water partition coefficient (Wildman–Crippen LogP) is -0.535. The van der Waals surface area contributed by atoms with E-state index in [-0.39, 0.29) is 24.7 Å². The van der Waals surface area contributed by atoms with Gasteiger partial charge in [0.05, 0.1) is 30.9 Å². The summed E-state index contributed by atoms with van der Waals surface area (Å²) >= 11 is 0. The van der Waals surface area contributed by atoms with E-state index >= 15 is 0 Å². The number of amides is 1. The number of morpholine rings is 1. The Bertz CT molecular complexity index is 434. The molecule has 0 saturated carbocycles. The van der Waals surface area contributed by atoms with Gasteiger partial charge in [0.15, 0.2) is 0 Å². The lowest BCUT2D eigenvalue weighted by atomic mass is 10.2. The number of aliphatic hydroxyl groups excluding tert-OH is 1. The van der Waals surface area contributed by atoms with Crippen LogP contribution in [0.25, 0.3) is 0 Å². The number of nitrogens with one attached hydrogen (secondary N) is 1. The molecule has 106 valence electrons. The van der Waals surface area contributed by atoms with Crippen molar-refractivity contribution in [1.82, 2.24) is 10.3 Å². The van der Waals surface area contributed by atoms with Gasteiger partial charge in [-0.05, 0) is 13.0 Å². The SMILES string of the molecule is CC1CN(Cc2cc(C(=O)NN)co2)CC(CO)O1. The molecule has 7 nitrogen and oxygen atoms in total. The first-order valence-electron chi connectivity index (χ1n) is 6.19. The van der Waals surface area contributed by atoms with Crippen LogP contribution >= 0.6 is 0 Å². The second-order valence-corrected chi connectivity index (χ2v) is 4.72. The first-order valence-corrected chi connectivity index (χ1v) is 6.19. The third-order valence-corrected chi connectivity index (χ3v) is 3.03. The molecular weight excluding hydrogens is 250 g/mol. The molecule has 2 heterocycles. The molecule has 1 aromatic heterocycles. The van der Waals surface area contributed by atoms with Gasteiger partial charge in [0.1, 0.15) is 12.0 Å².